The van der Waals surface area contributed by atoms with E-state index < -0.39 is 5.91 Å². The molecule has 1 unspecified atom stereocenters. The van der Waals surface area contributed by atoms with Crippen molar-refractivity contribution in [1.29, 1.82) is 0 Å². The molecule has 0 aliphatic carbocycles. The minimum Gasteiger partial charge on any atom is -0.489 e. The van der Waals surface area contributed by atoms with Crippen LogP contribution in [0.25, 0.3) is 0 Å². The van der Waals surface area contributed by atoms with Crippen LogP contribution in [-0.2, 0) is 11.3 Å². The maximum atomic E-state index is 11.9. The van der Waals surface area contributed by atoms with Gasteiger partial charge in [0.2, 0.25) is 5.91 Å². The average molecular weight is 539 g/mol. The van der Waals surface area contributed by atoms with Crippen molar-refractivity contribution in [3.63, 3.8) is 0 Å². The van der Waals surface area contributed by atoms with Crippen LogP contribution < -0.4 is 26.4 Å². The van der Waals surface area contributed by atoms with E-state index in [-0.39, 0.29) is 42.5 Å². The van der Waals surface area contributed by atoms with Gasteiger partial charge in [-0.25, -0.2) is 0 Å². The first-order chi connectivity index (χ1) is 14.4. The molecule has 0 aromatic heterocycles. The average Bonchev–Trinajstić information content (AvgIpc) is 2.74. The summed E-state index contributed by atoms with van der Waals surface area (Å²) in [5.41, 5.74) is 7.56. The van der Waals surface area contributed by atoms with E-state index >= 15 is 0 Å². The fourth-order valence-electron chi connectivity index (χ4n) is 2.64. The highest BCUT2D eigenvalue weighted by Gasteiger charge is 2.08. The molecular formula is C22H30IN5O3. The number of ether oxygens (including phenoxy) is 1. The fourth-order valence-corrected chi connectivity index (χ4v) is 2.64. The van der Waals surface area contributed by atoms with Gasteiger partial charge in [-0.3, -0.25) is 14.6 Å². The molecule has 0 radical (unpaired) electrons. The summed E-state index contributed by atoms with van der Waals surface area (Å²) in [6.07, 6.45) is -0.0390. The number of benzene rings is 2. The number of amides is 2. The number of carbonyl (C=O) groups excluding carboxylic acids is 2. The lowest BCUT2D eigenvalue weighted by Crippen LogP contribution is -2.41. The van der Waals surface area contributed by atoms with E-state index in [2.05, 4.69) is 20.9 Å². The number of hydrogen-bond donors (Lipinski definition) is 4. The standard InChI is InChI=1S/C22H29N5O3.HI/c1-15-6-4-5-7-19(15)30-16(2)12-26-22(24-3)27-13-17-8-10-18(11-9-17)21(29)25-14-20(23)28;/h4-11,16H,12-14H2,1-3H3,(H2,23,28)(H,25,29)(H2,24,26,27);1H. The highest BCUT2D eigenvalue weighted by Crippen LogP contribution is 2.17. The number of guanidine groups is 1. The molecule has 0 spiro atoms. The first-order valence-electron chi connectivity index (χ1n) is 9.71. The van der Waals surface area contributed by atoms with Gasteiger partial charge >= 0.3 is 0 Å². The molecule has 2 aromatic carbocycles. The largest absolute Gasteiger partial charge is 0.489 e. The third-order valence-electron chi connectivity index (χ3n) is 4.30. The first-order valence-corrected chi connectivity index (χ1v) is 9.71. The Bertz CT molecular complexity index is 887. The summed E-state index contributed by atoms with van der Waals surface area (Å²) in [4.78, 5) is 26.9. The van der Waals surface area contributed by atoms with Crippen LogP contribution in [0.3, 0.4) is 0 Å². The molecule has 2 rings (SSSR count). The summed E-state index contributed by atoms with van der Waals surface area (Å²) in [6.45, 7) is 4.95. The van der Waals surface area contributed by atoms with Crippen LogP contribution in [0.1, 0.15) is 28.4 Å². The number of primary amides is 1. The summed E-state index contributed by atoms with van der Waals surface area (Å²) in [7, 11) is 1.70. The van der Waals surface area contributed by atoms with Crippen molar-refractivity contribution < 1.29 is 14.3 Å². The van der Waals surface area contributed by atoms with Crippen molar-refractivity contribution in [2.24, 2.45) is 10.7 Å². The number of rotatable bonds is 9. The zero-order valence-electron chi connectivity index (χ0n) is 18.0. The topological polar surface area (TPSA) is 118 Å². The van der Waals surface area contributed by atoms with E-state index in [4.69, 9.17) is 10.5 Å². The summed E-state index contributed by atoms with van der Waals surface area (Å²) < 4.78 is 5.96. The number of aryl methyl sites for hydroxylation is 1. The molecule has 31 heavy (non-hydrogen) atoms. The molecule has 2 aromatic rings. The van der Waals surface area contributed by atoms with Crippen LogP contribution in [0.5, 0.6) is 5.75 Å². The molecule has 8 nitrogen and oxygen atoms in total. The Morgan fingerprint density at radius 1 is 1.06 bits per heavy atom. The molecule has 0 saturated heterocycles. The minimum atomic E-state index is -0.582. The molecule has 0 fully saturated rings. The predicted octanol–water partition coefficient (Wildman–Crippen LogP) is 1.96. The van der Waals surface area contributed by atoms with Gasteiger partial charge in [0.1, 0.15) is 11.9 Å². The molecule has 0 bridgehead atoms. The molecule has 0 aliphatic rings. The normalized spacial score (nSPS) is 11.6. The smallest absolute Gasteiger partial charge is 0.251 e. The second-order valence-electron chi connectivity index (χ2n) is 6.85. The number of carbonyl (C=O) groups is 2. The van der Waals surface area contributed by atoms with Gasteiger partial charge in [0, 0.05) is 19.2 Å². The summed E-state index contributed by atoms with van der Waals surface area (Å²) in [5, 5.41) is 8.92. The second kappa shape index (κ2) is 13.5. The zero-order valence-corrected chi connectivity index (χ0v) is 20.3. The van der Waals surface area contributed by atoms with Crippen LogP contribution in [-0.4, -0.2) is 44.0 Å². The van der Waals surface area contributed by atoms with Crippen LogP contribution in [0, 0.1) is 6.92 Å². The van der Waals surface area contributed by atoms with Crippen LogP contribution >= 0.6 is 24.0 Å². The first kappa shape index (κ1) is 26.2. The molecule has 2 amide bonds. The van der Waals surface area contributed by atoms with E-state index in [0.717, 1.165) is 16.9 Å². The van der Waals surface area contributed by atoms with Gasteiger partial charge in [-0.2, -0.15) is 0 Å². The van der Waals surface area contributed by atoms with Crippen molar-refractivity contribution in [2.75, 3.05) is 20.1 Å². The molecule has 1 atom stereocenters. The number of nitrogens with one attached hydrogen (secondary N) is 3. The zero-order chi connectivity index (χ0) is 21.9. The number of hydrogen-bond acceptors (Lipinski definition) is 4. The van der Waals surface area contributed by atoms with Gasteiger partial charge in [0.05, 0.1) is 13.1 Å². The van der Waals surface area contributed by atoms with Crippen molar-refractivity contribution in [3.8, 4) is 5.75 Å². The predicted molar refractivity (Wildman–Crippen MR) is 133 cm³/mol. The number of halogens is 1. The molecule has 9 heteroatoms. The Labute approximate surface area is 200 Å². The summed E-state index contributed by atoms with van der Waals surface area (Å²) >= 11 is 0. The SMILES string of the molecule is CN=C(NCc1ccc(C(=O)NCC(N)=O)cc1)NCC(C)Oc1ccccc1C.I. The van der Waals surface area contributed by atoms with Crippen molar-refractivity contribution >= 4 is 41.8 Å². The lowest BCUT2D eigenvalue weighted by Gasteiger charge is -2.19. The third-order valence-corrected chi connectivity index (χ3v) is 4.30. The lowest BCUT2D eigenvalue weighted by atomic mass is 10.1. The van der Waals surface area contributed by atoms with Crippen molar-refractivity contribution in [3.05, 3.63) is 65.2 Å². The highest BCUT2D eigenvalue weighted by atomic mass is 127. The molecule has 0 saturated carbocycles. The molecular weight excluding hydrogens is 509 g/mol. The summed E-state index contributed by atoms with van der Waals surface area (Å²) in [5.74, 6) is 0.600. The molecule has 0 aliphatic heterocycles. The van der Waals surface area contributed by atoms with Crippen molar-refractivity contribution in [2.45, 2.75) is 26.5 Å². The molecule has 168 valence electrons. The lowest BCUT2D eigenvalue weighted by molar-refractivity contribution is -0.117. The second-order valence-corrected chi connectivity index (χ2v) is 6.85. The Hall–Kier alpha value is -2.82. The number of para-hydroxylation sites is 1. The number of nitrogens with two attached hydrogens (primary N) is 1. The van der Waals surface area contributed by atoms with Gasteiger partial charge in [-0.05, 0) is 43.2 Å². The Morgan fingerprint density at radius 2 is 1.74 bits per heavy atom. The third kappa shape index (κ3) is 9.24. The number of nitrogens with zero attached hydrogens (tertiary/aromatic N) is 1. The van der Waals surface area contributed by atoms with E-state index in [1.165, 1.54) is 0 Å². The van der Waals surface area contributed by atoms with Gasteiger partial charge in [0.25, 0.3) is 5.91 Å². The molecule has 0 heterocycles. The van der Waals surface area contributed by atoms with E-state index in [1.54, 1.807) is 19.2 Å². The Morgan fingerprint density at radius 3 is 2.35 bits per heavy atom. The molecule has 5 N–H and O–H groups in total. The van der Waals surface area contributed by atoms with Crippen LogP contribution in [0.4, 0.5) is 0 Å². The van der Waals surface area contributed by atoms with E-state index in [9.17, 15) is 9.59 Å². The van der Waals surface area contributed by atoms with Crippen LogP contribution in [0.15, 0.2) is 53.5 Å². The fraction of sp³-hybridized carbons (Fsp3) is 0.318. The van der Waals surface area contributed by atoms with Gasteiger partial charge in [0.15, 0.2) is 5.96 Å². The minimum absolute atomic E-state index is 0. The van der Waals surface area contributed by atoms with Gasteiger partial charge < -0.3 is 26.4 Å². The summed E-state index contributed by atoms with van der Waals surface area (Å²) in [6, 6.07) is 15.0. The highest BCUT2D eigenvalue weighted by molar-refractivity contribution is 14.0. The van der Waals surface area contributed by atoms with Gasteiger partial charge in [-0.15, -0.1) is 24.0 Å². The van der Waals surface area contributed by atoms with E-state index in [0.29, 0.717) is 24.6 Å². The van der Waals surface area contributed by atoms with E-state index in [1.807, 2.05) is 50.2 Å². The maximum Gasteiger partial charge on any atom is 0.251 e. The van der Waals surface area contributed by atoms with Crippen LogP contribution in [0.2, 0.25) is 0 Å². The number of aliphatic imine (C=N–C) groups is 1. The Kier molecular flexibility index (Phi) is 11.4. The monoisotopic (exact) mass is 539 g/mol. The quantitative estimate of drug-likeness (QED) is 0.221. The van der Waals surface area contributed by atoms with Gasteiger partial charge in [-0.1, -0.05) is 30.3 Å². The maximum absolute atomic E-state index is 11.9. The Balaban J connectivity index is 0.00000480. The van der Waals surface area contributed by atoms with Crippen molar-refractivity contribution in [1.82, 2.24) is 16.0 Å².